The highest BCUT2D eigenvalue weighted by molar-refractivity contribution is 5.65. The summed E-state index contributed by atoms with van der Waals surface area (Å²) in [5.74, 6) is 0. The summed E-state index contributed by atoms with van der Waals surface area (Å²) in [7, 11) is 5.60. The van der Waals surface area contributed by atoms with Crippen LogP contribution in [0.3, 0.4) is 0 Å². The van der Waals surface area contributed by atoms with E-state index in [4.69, 9.17) is 14.2 Å². The van der Waals surface area contributed by atoms with Gasteiger partial charge in [0.25, 0.3) is 0 Å². The third-order valence-corrected chi connectivity index (χ3v) is 20.9. The Balaban J connectivity index is 1.48. The number of benzene rings is 9. The molecule has 4 heteroatoms. The molecular formula is C91H112O4. The molecule has 0 bridgehead atoms. The van der Waals surface area contributed by atoms with Crippen LogP contribution in [0.25, 0.3) is 0 Å². The van der Waals surface area contributed by atoms with Crippen LogP contribution in [0.1, 0.15) is 258 Å². The van der Waals surface area contributed by atoms with Crippen molar-refractivity contribution < 1.29 is 19.3 Å². The minimum atomic E-state index is -1.63. The van der Waals surface area contributed by atoms with Gasteiger partial charge >= 0.3 is 0 Å². The van der Waals surface area contributed by atoms with E-state index in [2.05, 4.69) is 348 Å². The molecule has 0 aliphatic carbocycles. The maximum atomic E-state index is 14.5. The molecule has 0 unspecified atom stereocenters. The smallest absolute Gasteiger partial charge is 0.144 e. The van der Waals surface area contributed by atoms with E-state index in [-0.39, 0.29) is 32.5 Å². The van der Waals surface area contributed by atoms with Crippen LogP contribution >= 0.6 is 0 Å². The van der Waals surface area contributed by atoms with E-state index in [1.165, 1.54) is 33.4 Å². The molecule has 1 N–H and O–H groups in total. The number of rotatable bonds is 15. The quantitative estimate of drug-likeness (QED) is 0.104. The second kappa shape index (κ2) is 25.7. The van der Waals surface area contributed by atoms with E-state index in [0.29, 0.717) is 0 Å². The fourth-order valence-electron chi connectivity index (χ4n) is 15.0. The van der Waals surface area contributed by atoms with Crippen molar-refractivity contribution in [3.8, 4) is 0 Å². The van der Waals surface area contributed by atoms with Crippen LogP contribution in [-0.2, 0) is 69.1 Å². The van der Waals surface area contributed by atoms with Crippen molar-refractivity contribution in [2.75, 3.05) is 21.3 Å². The molecular weight excluding hydrogens is 1160 g/mol. The molecule has 0 aromatic heterocycles. The second-order valence-electron chi connectivity index (χ2n) is 33.8. The summed E-state index contributed by atoms with van der Waals surface area (Å²) in [4.78, 5) is 0. The van der Waals surface area contributed by atoms with Gasteiger partial charge in [0.2, 0.25) is 0 Å². The predicted octanol–water partition coefficient (Wildman–Crippen LogP) is 22.4. The maximum Gasteiger partial charge on any atom is 0.144 e. The highest BCUT2D eigenvalue weighted by atomic mass is 16.5. The SMILES string of the molecule is COC(c1ccc(C(C)(C)C)cc1)(c1ccc(C(C)(C)C)cc1)c1cc(C(OC)(c2cc(C(O)(c3ccc(C(C)(C)C)cc3)c3ccc(C(C)(C)C)cc3)c(C)cc2C)c2cc(C(OC)(c3ccc(C(C)(C)C)cc3)c3ccc(C(C)(C)C)cc3)c(C)cc2C)c(C)cc1C. The van der Waals surface area contributed by atoms with Crippen LogP contribution < -0.4 is 0 Å². The molecule has 0 atom stereocenters. The number of hydrogen-bond acceptors (Lipinski definition) is 4. The van der Waals surface area contributed by atoms with E-state index < -0.39 is 22.4 Å². The van der Waals surface area contributed by atoms with Gasteiger partial charge in [-0.3, -0.25) is 0 Å². The van der Waals surface area contributed by atoms with Crippen molar-refractivity contribution >= 4 is 0 Å². The van der Waals surface area contributed by atoms with E-state index >= 15 is 0 Å². The van der Waals surface area contributed by atoms with Gasteiger partial charge in [-0.2, -0.15) is 0 Å². The largest absolute Gasteiger partial charge is 0.376 e. The Bertz CT molecular complexity index is 3830. The summed E-state index contributed by atoms with van der Waals surface area (Å²) >= 11 is 0. The van der Waals surface area contributed by atoms with Gasteiger partial charge in [0.15, 0.2) is 0 Å². The minimum absolute atomic E-state index is 0.0762. The monoisotopic (exact) mass is 1270 g/mol. The highest BCUT2D eigenvalue weighted by Crippen LogP contribution is 2.53. The molecule has 9 rings (SSSR count). The zero-order valence-electron chi connectivity index (χ0n) is 63.0. The van der Waals surface area contributed by atoms with E-state index in [9.17, 15) is 5.11 Å². The lowest BCUT2D eigenvalue weighted by Gasteiger charge is -2.43. The molecule has 0 radical (unpaired) electrons. The fraction of sp³-hybridized carbons (Fsp3) is 0.407. The summed E-state index contributed by atoms with van der Waals surface area (Å²) in [6.45, 7) is 53.9. The first kappa shape index (κ1) is 72.1. The topological polar surface area (TPSA) is 47.9 Å². The third kappa shape index (κ3) is 13.2. The lowest BCUT2D eigenvalue weighted by Crippen LogP contribution is -2.39. The molecule has 9 aromatic rings. The molecule has 0 aliphatic heterocycles. The average molecular weight is 1270 g/mol. The fourth-order valence-corrected chi connectivity index (χ4v) is 15.0. The highest BCUT2D eigenvalue weighted by Gasteiger charge is 2.48. The standard InChI is InChI=1S/C91H112O4/c1-58-52-61(4)79(55-76(58)88(92,70-40-28-64(29-41-70)82(7,8)9)71-42-30-65(31-43-71)83(10,11)12)91(95-27,80-56-77(59(2)53-62(80)5)89(93-25,72-44-32-66(33-45-72)84(13,14)15)73-46-34-67(35-47-73)85(16,17)18)81-57-78(60(3)54-63(81)6)90(94-26,74-48-36-68(37-49-74)86(19,20)21)75-50-38-69(39-51-75)87(22,23)24/h28-57,92H,1-27H3. The molecule has 0 saturated carbocycles. The van der Waals surface area contributed by atoms with Gasteiger partial charge in [-0.25, -0.2) is 0 Å². The van der Waals surface area contributed by atoms with Crippen molar-refractivity contribution in [1.82, 2.24) is 0 Å². The molecule has 95 heavy (non-hydrogen) atoms. The van der Waals surface area contributed by atoms with Crippen LogP contribution in [-0.4, -0.2) is 26.4 Å². The van der Waals surface area contributed by atoms with Gasteiger partial charge in [0.05, 0.1) is 0 Å². The normalized spacial score (nSPS) is 13.4. The second-order valence-corrected chi connectivity index (χ2v) is 33.8. The summed E-state index contributed by atoms with van der Waals surface area (Å²) in [5.41, 5.74) is 18.9. The molecule has 0 saturated heterocycles. The zero-order valence-corrected chi connectivity index (χ0v) is 63.0. The number of aliphatic hydroxyl groups is 1. The molecule has 0 amide bonds. The van der Waals surface area contributed by atoms with E-state index in [1.54, 1.807) is 0 Å². The van der Waals surface area contributed by atoms with Gasteiger partial charge in [-0.15, -0.1) is 0 Å². The Kier molecular flexibility index (Phi) is 19.5. The summed E-state index contributed by atoms with van der Waals surface area (Å²) < 4.78 is 22.5. The molecule has 0 spiro atoms. The zero-order chi connectivity index (χ0) is 70.2. The predicted molar refractivity (Wildman–Crippen MR) is 401 cm³/mol. The molecule has 4 nitrogen and oxygen atoms in total. The van der Waals surface area contributed by atoms with Crippen LogP contribution in [0.2, 0.25) is 0 Å². The minimum Gasteiger partial charge on any atom is -0.376 e. The molecule has 0 heterocycles. The van der Waals surface area contributed by atoms with Crippen LogP contribution in [0.5, 0.6) is 0 Å². The Morgan fingerprint density at radius 3 is 0.526 bits per heavy atom. The first-order chi connectivity index (χ1) is 44.0. The van der Waals surface area contributed by atoms with E-state index in [0.717, 1.165) is 100 Å². The van der Waals surface area contributed by atoms with Crippen LogP contribution in [0.4, 0.5) is 0 Å². The molecule has 500 valence electrons. The van der Waals surface area contributed by atoms with Gasteiger partial charge in [0, 0.05) is 21.3 Å². The lowest BCUT2D eigenvalue weighted by atomic mass is 9.68. The Morgan fingerprint density at radius 2 is 0.347 bits per heavy atom. The molecule has 0 aliphatic rings. The maximum absolute atomic E-state index is 14.5. The molecule has 0 fully saturated rings. The van der Waals surface area contributed by atoms with E-state index in [1.807, 2.05) is 21.3 Å². The van der Waals surface area contributed by atoms with Crippen LogP contribution in [0.15, 0.2) is 182 Å². The first-order valence-corrected chi connectivity index (χ1v) is 34.5. The van der Waals surface area contributed by atoms with Gasteiger partial charge in [-0.05, 0) is 226 Å². The summed E-state index contributed by atoms with van der Waals surface area (Å²) in [6.07, 6.45) is 0. The summed E-state index contributed by atoms with van der Waals surface area (Å²) in [6, 6.07) is 67.6. The Hall–Kier alpha value is -7.18. The van der Waals surface area contributed by atoms with Crippen molar-refractivity contribution in [2.45, 2.75) is 221 Å². The van der Waals surface area contributed by atoms with Crippen LogP contribution in [0, 0.1) is 41.5 Å². The first-order valence-electron chi connectivity index (χ1n) is 34.5. The number of ether oxygens (including phenoxy) is 3. The summed E-state index contributed by atoms with van der Waals surface area (Å²) in [5, 5.41) is 14.5. The third-order valence-electron chi connectivity index (χ3n) is 20.9. The number of hydrogen-bond donors (Lipinski definition) is 1. The Labute approximate surface area is 574 Å². The molecule has 9 aromatic carbocycles. The number of methoxy groups -OCH3 is 3. The van der Waals surface area contributed by atoms with Gasteiger partial charge in [0.1, 0.15) is 22.4 Å². The van der Waals surface area contributed by atoms with Crippen molar-refractivity contribution in [3.05, 3.63) is 316 Å². The van der Waals surface area contributed by atoms with Crippen molar-refractivity contribution in [3.63, 3.8) is 0 Å². The Morgan fingerprint density at radius 1 is 0.200 bits per heavy atom. The average Bonchev–Trinajstić information content (AvgIpc) is 0.710. The number of aryl methyl sites for hydroxylation is 6. The van der Waals surface area contributed by atoms with Gasteiger partial charge < -0.3 is 19.3 Å². The van der Waals surface area contributed by atoms with Crippen molar-refractivity contribution in [1.29, 1.82) is 0 Å². The lowest BCUT2D eigenvalue weighted by molar-refractivity contribution is 0.0488. The van der Waals surface area contributed by atoms with Crippen molar-refractivity contribution in [2.24, 2.45) is 0 Å². The van der Waals surface area contributed by atoms with Gasteiger partial charge in [-0.1, -0.05) is 288 Å².